The van der Waals surface area contributed by atoms with E-state index in [2.05, 4.69) is 28.6 Å². The van der Waals surface area contributed by atoms with E-state index >= 15 is 0 Å². The predicted octanol–water partition coefficient (Wildman–Crippen LogP) is 2.90. The minimum atomic E-state index is 0.680. The minimum absolute atomic E-state index is 0.680. The highest BCUT2D eigenvalue weighted by Gasteiger charge is 2.09. The van der Waals surface area contributed by atoms with Crippen LogP contribution in [-0.2, 0) is 5.75 Å². The van der Waals surface area contributed by atoms with E-state index in [0.717, 1.165) is 15.8 Å². The first-order valence-electron chi connectivity index (χ1n) is 3.74. The van der Waals surface area contributed by atoms with Gasteiger partial charge in [0.25, 0.3) is 0 Å². The molecular weight excluding hydrogens is 252 g/mol. The SMILES string of the molecule is COc1cc(CS)cc(Br)c1OC. The van der Waals surface area contributed by atoms with Crippen molar-refractivity contribution in [1.29, 1.82) is 0 Å². The Morgan fingerprint density at radius 3 is 2.46 bits per heavy atom. The first-order valence-corrected chi connectivity index (χ1v) is 5.16. The van der Waals surface area contributed by atoms with E-state index in [1.807, 2.05) is 12.1 Å². The summed E-state index contributed by atoms with van der Waals surface area (Å²) in [7, 11) is 3.23. The van der Waals surface area contributed by atoms with Gasteiger partial charge in [0.15, 0.2) is 11.5 Å². The highest BCUT2D eigenvalue weighted by molar-refractivity contribution is 9.10. The number of benzene rings is 1. The summed E-state index contributed by atoms with van der Waals surface area (Å²) >= 11 is 7.59. The molecule has 0 spiro atoms. The smallest absolute Gasteiger partial charge is 0.174 e. The highest BCUT2D eigenvalue weighted by Crippen LogP contribution is 2.36. The van der Waals surface area contributed by atoms with Gasteiger partial charge >= 0.3 is 0 Å². The predicted molar refractivity (Wildman–Crippen MR) is 59.9 cm³/mol. The first-order chi connectivity index (χ1) is 6.22. The van der Waals surface area contributed by atoms with E-state index in [4.69, 9.17) is 9.47 Å². The van der Waals surface area contributed by atoms with Crippen LogP contribution in [0.2, 0.25) is 0 Å². The summed E-state index contributed by atoms with van der Waals surface area (Å²) in [5.41, 5.74) is 1.09. The van der Waals surface area contributed by atoms with Crippen molar-refractivity contribution >= 4 is 28.6 Å². The molecule has 0 amide bonds. The fourth-order valence-corrected chi connectivity index (χ4v) is 1.90. The Balaban J connectivity index is 3.20. The monoisotopic (exact) mass is 262 g/mol. The number of methoxy groups -OCH3 is 2. The van der Waals surface area contributed by atoms with Crippen LogP contribution in [0.4, 0.5) is 0 Å². The maximum absolute atomic E-state index is 5.17. The Kier molecular flexibility index (Phi) is 3.93. The van der Waals surface area contributed by atoms with Crippen LogP contribution >= 0.6 is 28.6 Å². The lowest BCUT2D eigenvalue weighted by molar-refractivity contribution is 0.353. The molecule has 0 atom stereocenters. The van der Waals surface area contributed by atoms with Crippen molar-refractivity contribution in [1.82, 2.24) is 0 Å². The maximum Gasteiger partial charge on any atom is 0.174 e. The molecule has 1 aromatic carbocycles. The van der Waals surface area contributed by atoms with Gasteiger partial charge < -0.3 is 9.47 Å². The molecule has 1 rings (SSSR count). The second-order valence-electron chi connectivity index (χ2n) is 2.47. The number of rotatable bonds is 3. The highest BCUT2D eigenvalue weighted by atomic mass is 79.9. The molecule has 0 heterocycles. The molecular formula is C9H11BrO2S. The van der Waals surface area contributed by atoms with Crippen molar-refractivity contribution in [2.24, 2.45) is 0 Å². The van der Waals surface area contributed by atoms with E-state index < -0.39 is 0 Å². The molecule has 0 radical (unpaired) electrons. The zero-order valence-corrected chi connectivity index (χ0v) is 9.98. The molecule has 0 fully saturated rings. The topological polar surface area (TPSA) is 18.5 Å². The number of thiol groups is 1. The fraction of sp³-hybridized carbons (Fsp3) is 0.333. The lowest BCUT2D eigenvalue weighted by atomic mass is 10.2. The average molecular weight is 263 g/mol. The van der Waals surface area contributed by atoms with Crippen molar-refractivity contribution < 1.29 is 9.47 Å². The van der Waals surface area contributed by atoms with Gasteiger partial charge in [-0.05, 0) is 33.6 Å². The van der Waals surface area contributed by atoms with Gasteiger partial charge in [0.1, 0.15) is 0 Å². The zero-order valence-electron chi connectivity index (χ0n) is 7.50. The van der Waals surface area contributed by atoms with Crippen LogP contribution in [0.5, 0.6) is 11.5 Å². The zero-order chi connectivity index (χ0) is 9.84. The van der Waals surface area contributed by atoms with Crippen molar-refractivity contribution in [2.45, 2.75) is 5.75 Å². The summed E-state index contributed by atoms with van der Waals surface area (Å²) in [5, 5.41) is 0. The van der Waals surface area contributed by atoms with Crippen molar-refractivity contribution in [3.63, 3.8) is 0 Å². The summed E-state index contributed by atoms with van der Waals surface area (Å²) in [6.07, 6.45) is 0. The molecule has 4 heteroatoms. The van der Waals surface area contributed by atoms with Crippen LogP contribution in [-0.4, -0.2) is 14.2 Å². The lowest BCUT2D eigenvalue weighted by Crippen LogP contribution is -1.93. The van der Waals surface area contributed by atoms with Gasteiger partial charge in [-0.15, -0.1) is 0 Å². The first kappa shape index (κ1) is 10.7. The Labute approximate surface area is 91.8 Å². The summed E-state index contributed by atoms with van der Waals surface area (Å²) in [6, 6.07) is 3.88. The Hall–Kier alpha value is -0.350. The van der Waals surface area contributed by atoms with Gasteiger partial charge in [-0.2, -0.15) is 12.6 Å². The molecule has 13 heavy (non-hydrogen) atoms. The molecule has 0 saturated carbocycles. The average Bonchev–Trinajstić information content (AvgIpc) is 2.16. The molecule has 0 N–H and O–H groups in total. The normalized spacial score (nSPS) is 9.85. The minimum Gasteiger partial charge on any atom is -0.493 e. The molecule has 0 bridgehead atoms. The molecule has 2 nitrogen and oxygen atoms in total. The van der Waals surface area contributed by atoms with E-state index in [0.29, 0.717) is 11.5 Å². The van der Waals surface area contributed by atoms with Crippen LogP contribution in [0.3, 0.4) is 0 Å². The fourth-order valence-electron chi connectivity index (χ4n) is 1.06. The molecule has 0 aliphatic carbocycles. The molecule has 0 aromatic heterocycles. The quantitative estimate of drug-likeness (QED) is 0.845. The summed E-state index contributed by atoms with van der Waals surface area (Å²) in [5.74, 6) is 2.12. The van der Waals surface area contributed by atoms with Crippen LogP contribution < -0.4 is 9.47 Å². The van der Waals surface area contributed by atoms with E-state index in [-0.39, 0.29) is 0 Å². The van der Waals surface area contributed by atoms with Gasteiger partial charge in [-0.25, -0.2) is 0 Å². The van der Waals surface area contributed by atoms with Crippen LogP contribution in [0.25, 0.3) is 0 Å². The number of ether oxygens (including phenoxy) is 2. The Bertz CT molecular complexity index is 302. The van der Waals surface area contributed by atoms with E-state index in [1.165, 1.54) is 0 Å². The summed E-state index contributed by atoms with van der Waals surface area (Å²) in [6.45, 7) is 0. The van der Waals surface area contributed by atoms with Gasteiger partial charge in [-0.1, -0.05) is 0 Å². The van der Waals surface area contributed by atoms with Gasteiger partial charge in [0, 0.05) is 5.75 Å². The standard InChI is InChI=1S/C9H11BrO2S/c1-11-8-4-6(5-13)3-7(10)9(8)12-2/h3-4,13H,5H2,1-2H3. The third-order valence-corrected chi connectivity index (χ3v) is 2.63. The van der Waals surface area contributed by atoms with Gasteiger partial charge in [0.2, 0.25) is 0 Å². The molecule has 0 aliphatic rings. The largest absolute Gasteiger partial charge is 0.493 e. The van der Waals surface area contributed by atoms with Crippen LogP contribution in [0, 0.1) is 0 Å². The molecule has 72 valence electrons. The maximum atomic E-state index is 5.17. The molecule has 0 unspecified atom stereocenters. The molecule has 0 saturated heterocycles. The third kappa shape index (κ3) is 2.31. The Morgan fingerprint density at radius 1 is 1.31 bits per heavy atom. The Morgan fingerprint density at radius 2 is 2.00 bits per heavy atom. The van der Waals surface area contributed by atoms with Gasteiger partial charge in [0.05, 0.1) is 18.7 Å². The summed E-state index contributed by atoms with van der Waals surface area (Å²) < 4.78 is 11.2. The van der Waals surface area contributed by atoms with Crippen LogP contribution in [0.1, 0.15) is 5.56 Å². The number of halogens is 1. The third-order valence-electron chi connectivity index (χ3n) is 1.68. The summed E-state index contributed by atoms with van der Waals surface area (Å²) in [4.78, 5) is 0. The number of hydrogen-bond donors (Lipinski definition) is 1. The van der Waals surface area contributed by atoms with Crippen molar-refractivity contribution in [3.05, 3.63) is 22.2 Å². The van der Waals surface area contributed by atoms with Crippen molar-refractivity contribution in [2.75, 3.05) is 14.2 Å². The van der Waals surface area contributed by atoms with E-state index in [9.17, 15) is 0 Å². The van der Waals surface area contributed by atoms with Gasteiger partial charge in [-0.3, -0.25) is 0 Å². The number of hydrogen-bond acceptors (Lipinski definition) is 3. The van der Waals surface area contributed by atoms with Crippen LogP contribution in [0.15, 0.2) is 16.6 Å². The van der Waals surface area contributed by atoms with Crippen molar-refractivity contribution in [3.8, 4) is 11.5 Å². The molecule has 1 aromatic rings. The van der Waals surface area contributed by atoms with E-state index in [1.54, 1.807) is 14.2 Å². The molecule has 0 aliphatic heterocycles. The lowest BCUT2D eigenvalue weighted by Gasteiger charge is -2.10. The second-order valence-corrected chi connectivity index (χ2v) is 3.64. The second kappa shape index (κ2) is 4.77.